The number of carbonyl (C=O) groups excluding carboxylic acids is 1. The van der Waals surface area contributed by atoms with E-state index in [1.165, 1.54) is 5.06 Å². The zero-order chi connectivity index (χ0) is 11.2. The molecule has 0 radical (unpaired) electrons. The van der Waals surface area contributed by atoms with Gasteiger partial charge in [0.1, 0.15) is 0 Å². The molecule has 2 rings (SSSR count). The van der Waals surface area contributed by atoms with Gasteiger partial charge in [0.25, 0.3) is 5.91 Å². The van der Waals surface area contributed by atoms with Crippen LogP contribution in [0.25, 0.3) is 0 Å². The van der Waals surface area contributed by atoms with Crippen molar-refractivity contribution in [2.24, 2.45) is 17.3 Å². The Morgan fingerprint density at radius 1 is 1.40 bits per heavy atom. The Bertz CT molecular complexity index is 307. The highest BCUT2D eigenvalue weighted by atomic mass is 16.7. The van der Waals surface area contributed by atoms with Gasteiger partial charge in [-0.1, -0.05) is 13.8 Å². The van der Waals surface area contributed by atoms with Crippen molar-refractivity contribution in [1.29, 1.82) is 0 Å². The molecule has 0 aromatic heterocycles. The van der Waals surface area contributed by atoms with Gasteiger partial charge in [0, 0.05) is 0 Å². The molecule has 0 bridgehead atoms. The van der Waals surface area contributed by atoms with Crippen molar-refractivity contribution >= 4 is 11.9 Å². The van der Waals surface area contributed by atoms with Crippen molar-refractivity contribution < 1.29 is 19.5 Å². The molecule has 2 atom stereocenters. The fourth-order valence-electron chi connectivity index (χ4n) is 2.34. The summed E-state index contributed by atoms with van der Waals surface area (Å²) in [5.41, 5.74) is -0.436. The molecule has 1 saturated heterocycles. The van der Waals surface area contributed by atoms with E-state index < -0.39 is 23.2 Å². The highest BCUT2D eigenvalue weighted by Crippen LogP contribution is 2.59. The lowest BCUT2D eigenvalue weighted by Gasteiger charge is -2.14. The Morgan fingerprint density at radius 2 is 2.07 bits per heavy atom. The van der Waals surface area contributed by atoms with Gasteiger partial charge in [-0.15, -0.1) is 0 Å². The van der Waals surface area contributed by atoms with Gasteiger partial charge >= 0.3 is 5.97 Å². The van der Waals surface area contributed by atoms with E-state index in [0.717, 1.165) is 6.42 Å². The number of hydrogen-bond donors (Lipinski definition) is 1. The Morgan fingerprint density at radius 3 is 2.47 bits per heavy atom. The van der Waals surface area contributed by atoms with Crippen LogP contribution >= 0.6 is 0 Å². The Hall–Kier alpha value is -1.10. The SMILES string of the molecule is CC1(C)C(C(=O)O)C1C(=O)N1CCCO1. The summed E-state index contributed by atoms with van der Waals surface area (Å²) in [7, 11) is 0. The summed E-state index contributed by atoms with van der Waals surface area (Å²) < 4.78 is 0. The van der Waals surface area contributed by atoms with Crippen LogP contribution in [0.1, 0.15) is 20.3 Å². The molecule has 1 saturated carbocycles. The van der Waals surface area contributed by atoms with E-state index in [1.807, 2.05) is 13.8 Å². The molecule has 2 aliphatic rings. The number of aliphatic carboxylic acids is 1. The van der Waals surface area contributed by atoms with Crippen molar-refractivity contribution in [1.82, 2.24) is 5.06 Å². The molecule has 1 aliphatic heterocycles. The quantitative estimate of drug-likeness (QED) is 0.725. The molecule has 1 heterocycles. The van der Waals surface area contributed by atoms with Gasteiger partial charge in [-0.25, -0.2) is 5.06 Å². The van der Waals surface area contributed by atoms with Gasteiger partial charge in [-0.2, -0.15) is 0 Å². The normalized spacial score (nSPS) is 32.8. The first kappa shape index (κ1) is 10.4. The first-order valence-electron chi connectivity index (χ1n) is 5.13. The number of nitrogens with zero attached hydrogens (tertiary/aromatic N) is 1. The third-order valence-corrected chi connectivity index (χ3v) is 3.36. The summed E-state index contributed by atoms with van der Waals surface area (Å²) in [6.45, 7) is 4.75. The van der Waals surface area contributed by atoms with Crippen molar-refractivity contribution in [3.05, 3.63) is 0 Å². The second kappa shape index (κ2) is 3.20. The lowest BCUT2D eigenvalue weighted by Crippen LogP contribution is -2.29. The number of hydroxylamine groups is 2. The van der Waals surface area contributed by atoms with E-state index in [2.05, 4.69) is 0 Å². The molecule has 5 heteroatoms. The third kappa shape index (κ3) is 1.51. The molecule has 84 valence electrons. The molecule has 1 N–H and O–H groups in total. The van der Waals surface area contributed by atoms with E-state index in [-0.39, 0.29) is 5.91 Å². The van der Waals surface area contributed by atoms with Gasteiger partial charge in [0.15, 0.2) is 0 Å². The lowest BCUT2D eigenvalue weighted by atomic mass is 10.1. The van der Waals surface area contributed by atoms with Gasteiger partial charge in [-0.05, 0) is 11.8 Å². The number of carbonyl (C=O) groups is 2. The molecule has 15 heavy (non-hydrogen) atoms. The highest BCUT2D eigenvalue weighted by Gasteiger charge is 2.67. The molecule has 1 aliphatic carbocycles. The first-order valence-corrected chi connectivity index (χ1v) is 5.13. The van der Waals surface area contributed by atoms with Crippen LogP contribution in [0, 0.1) is 17.3 Å². The van der Waals surface area contributed by atoms with Crippen molar-refractivity contribution in [3.63, 3.8) is 0 Å². The minimum Gasteiger partial charge on any atom is -0.481 e. The van der Waals surface area contributed by atoms with Gasteiger partial charge in [-0.3, -0.25) is 14.4 Å². The van der Waals surface area contributed by atoms with Crippen LogP contribution in [0.15, 0.2) is 0 Å². The fourth-order valence-corrected chi connectivity index (χ4v) is 2.34. The molecule has 2 fully saturated rings. The van der Waals surface area contributed by atoms with Crippen LogP contribution in [-0.4, -0.2) is 35.2 Å². The molecular weight excluding hydrogens is 198 g/mol. The van der Waals surface area contributed by atoms with Gasteiger partial charge < -0.3 is 5.11 Å². The maximum atomic E-state index is 11.9. The van der Waals surface area contributed by atoms with Crippen LogP contribution in [-0.2, 0) is 14.4 Å². The number of carboxylic acids is 1. The topological polar surface area (TPSA) is 66.8 Å². The van der Waals surface area contributed by atoms with Crippen LogP contribution in [0.2, 0.25) is 0 Å². The number of rotatable bonds is 2. The predicted octanol–water partition coefficient (Wildman–Crippen LogP) is 0.507. The van der Waals surface area contributed by atoms with Crippen LogP contribution in [0.3, 0.4) is 0 Å². The standard InChI is InChI=1S/C10H15NO4/c1-10(2)6(7(10)9(13)14)8(12)11-4-3-5-15-11/h6-7H,3-5H2,1-2H3,(H,13,14). The third-order valence-electron chi connectivity index (χ3n) is 3.36. The Balaban J connectivity index is 2.06. The monoisotopic (exact) mass is 213 g/mol. The maximum Gasteiger partial charge on any atom is 0.307 e. The molecule has 0 aromatic rings. The molecule has 2 unspecified atom stereocenters. The average molecular weight is 213 g/mol. The summed E-state index contributed by atoms with van der Waals surface area (Å²) in [5.74, 6) is -2.05. The van der Waals surface area contributed by atoms with Crippen LogP contribution in [0.5, 0.6) is 0 Å². The van der Waals surface area contributed by atoms with Crippen molar-refractivity contribution in [2.45, 2.75) is 20.3 Å². The maximum absolute atomic E-state index is 11.9. The van der Waals surface area contributed by atoms with Crippen LogP contribution < -0.4 is 0 Å². The first-order chi connectivity index (χ1) is 6.96. The van der Waals surface area contributed by atoms with Crippen LogP contribution in [0.4, 0.5) is 0 Å². The lowest BCUT2D eigenvalue weighted by molar-refractivity contribution is -0.171. The van der Waals surface area contributed by atoms with Crippen molar-refractivity contribution in [3.8, 4) is 0 Å². The summed E-state index contributed by atoms with van der Waals surface area (Å²) in [5, 5.41) is 10.3. The predicted molar refractivity (Wildman–Crippen MR) is 50.7 cm³/mol. The summed E-state index contributed by atoms with van der Waals surface area (Å²) in [4.78, 5) is 27.9. The summed E-state index contributed by atoms with van der Waals surface area (Å²) in [6.07, 6.45) is 0.830. The summed E-state index contributed by atoms with van der Waals surface area (Å²) in [6, 6.07) is 0. The molecule has 1 amide bonds. The van der Waals surface area contributed by atoms with Crippen molar-refractivity contribution in [2.75, 3.05) is 13.2 Å². The van der Waals surface area contributed by atoms with E-state index >= 15 is 0 Å². The molecule has 5 nitrogen and oxygen atoms in total. The highest BCUT2D eigenvalue weighted by molar-refractivity contribution is 5.91. The second-order valence-electron chi connectivity index (χ2n) is 4.74. The second-order valence-corrected chi connectivity index (χ2v) is 4.74. The minimum absolute atomic E-state index is 0.176. The van der Waals surface area contributed by atoms with Gasteiger partial charge in [0.05, 0.1) is 25.0 Å². The summed E-state index contributed by atoms with van der Waals surface area (Å²) >= 11 is 0. The number of amides is 1. The fraction of sp³-hybridized carbons (Fsp3) is 0.800. The average Bonchev–Trinajstić information content (AvgIpc) is 2.57. The molecular formula is C10H15NO4. The Kier molecular flexibility index (Phi) is 2.22. The van der Waals surface area contributed by atoms with E-state index in [1.54, 1.807) is 0 Å². The zero-order valence-electron chi connectivity index (χ0n) is 8.90. The zero-order valence-corrected chi connectivity index (χ0v) is 8.90. The number of hydrogen-bond acceptors (Lipinski definition) is 3. The minimum atomic E-state index is -0.891. The smallest absolute Gasteiger partial charge is 0.307 e. The van der Waals surface area contributed by atoms with E-state index in [0.29, 0.717) is 13.2 Å². The van der Waals surface area contributed by atoms with E-state index in [4.69, 9.17) is 9.94 Å². The van der Waals surface area contributed by atoms with E-state index in [9.17, 15) is 9.59 Å². The Labute approximate surface area is 88.0 Å². The van der Waals surface area contributed by atoms with Gasteiger partial charge in [0.2, 0.25) is 0 Å². The number of carboxylic acid groups (broad SMARTS) is 1. The molecule has 0 aromatic carbocycles. The largest absolute Gasteiger partial charge is 0.481 e. The molecule has 0 spiro atoms.